The second-order valence-corrected chi connectivity index (χ2v) is 19.2. The first-order valence-corrected chi connectivity index (χ1v) is 20.6. The predicted octanol–water partition coefficient (Wildman–Crippen LogP) is 13.0. The number of hydrogen-bond acceptors (Lipinski definition) is 2. The molecule has 0 N–H and O–H groups in total. The molecule has 7 aromatic rings. The summed E-state index contributed by atoms with van der Waals surface area (Å²) in [7, 11) is 0. The van der Waals surface area contributed by atoms with Crippen LogP contribution in [-0.2, 0) is 16.2 Å². The second kappa shape index (κ2) is 13.4. The molecule has 0 fully saturated rings. The van der Waals surface area contributed by atoms with Gasteiger partial charge in [0.25, 0.3) is 6.71 Å². The van der Waals surface area contributed by atoms with Gasteiger partial charge >= 0.3 is 0 Å². The zero-order chi connectivity index (χ0) is 39.9. The van der Waals surface area contributed by atoms with Crippen molar-refractivity contribution in [3.05, 3.63) is 174 Å². The Balaban J connectivity index is 1.37. The Morgan fingerprint density at radius 3 is 1.25 bits per heavy atom. The summed E-state index contributed by atoms with van der Waals surface area (Å²) in [4.78, 5) is 5.10. The van der Waals surface area contributed by atoms with E-state index in [4.69, 9.17) is 0 Å². The fourth-order valence-electron chi connectivity index (χ4n) is 8.82. The van der Waals surface area contributed by atoms with E-state index in [0.29, 0.717) is 0 Å². The van der Waals surface area contributed by atoms with E-state index >= 15 is 0 Å². The summed E-state index contributed by atoms with van der Waals surface area (Å²) in [5.41, 5.74) is 20.2. The van der Waals surface area contributed by atoms with Gasteiger partial charge in [0.1, 0.15) is 0 Å². The summed E-state index contributed by atoms with van der Waals surface area (Å²) in [5.74, 6) is 0. The first kappa shape index (κ1) is 36.8. The maximum Gasteiger partial charge on any atom is 0.252 e. The Kier molecular flexibility index (Phi) is 8.66. The van der Waals surface area contributed by atoms with Gasteiger partial charge in [0.15, 0.2) is 0 Å². The van der Waals surface area contributed by atoms with Crippen LogP contribution in [0.1, 0.15) is 79.0 Å². The van der Waals surface area contributed by atoms with Gasteiger partial charge in [-0.25, -0.2) is 0 Å². The van der Waals surface area contributed by atoms with Crippen LogP contribution in [0.3, 0.4) is 0 Å². The van der Waals surface area contributed by atoms with E-state index in [1.807, 2.05) is 0 Å². The lowest BCUT2D eigenvalue weighted by Gasteiger charge is -2.45. The molecule has 0 unspecified atom stereocenters. The van der Waals surface area contributed by atoms with E-state index in [2.05, 4.69) is 230 Å². The Bertz CT molecular complexity index is 2600. The third-order valence-corrected chi connectivity index (χ3v) is 12.1. The summed E-state index contributed by atoms with van der Waals surface area (Å²) in [5, 5.41) is 0. The third-order valence-electron chi connectivity index (χ3n) is 12.1. The third kappa shape index (κ3) is 6.48. The normalized spacial score (nSPS) is 13.6. The molecule has 0 aromatic heterocycles. The smallest absolute Gasteiger partial charge is 0.252 e. The molecular formula is C54H53BN2. The molecule has 282 valence electrons. The molecule has 2 aliphatic heterocycles. The summed E-state index contributed by atoms with van der Waals surface area (Å²) in [6.45, 7) is 20.9. The molecule has 0 saturated heterocycles. The average molecular weight is 741 g/mol. The summed E-state index contributed by atoms with van der Waals surface area (Å²) >= 11 is 0. The van der Waals surface area contributed by atoms with Gasteiger partial charge in [0.2, 0.25) is 0 Å². The van der Waals surface area contributed by atoms with Crippen LogP contribution in [-0.4, -0.2) is 6.71 Å². The van der Waals surface area contributed by atoms with Gasteiger partial charge in [0, 0.05) is 34.1 Å². The SMILES string of the molecule is CC(C)(C)c1ccc(N2c3ccc(C(C)(C)C)cc3B3c4cc(-c5ccccc5)ccc4N(c4ccc(-c5ccccc5)cc4)c4cc(C(C)(C)C)cc2c43)cc1. The minimum Gasteiger partial charge on any atom is -0.311 e. The second-order valence-electron chi connectivity index (χ2n) is 19.2. The molecule has 0 saturated carbocycles. The number of anilines is 6. The molecule has 0 amide bonds. The molecular weight excluding hydrogens is 687 g/mol. The van der Waals surface area contributed by atoms with E-state index in [9.17, 15) is 0 Å². The molecule has 57 heavy (non-hydrogen) atoms. The van der Waals surface area contributed by atoms with Gasteiger partial charge in [-0.1, -0.05) is 172 Å². The van der Waals surface area contributed by atoms with E-state index in [1.165, 1.54) is 83.8 Å². The van der Waals surface area contributed by atoms with Crippen molar-refractivity contribution in [3.8, 4) is 22.3 Å². The van der Waals surface area contributed by atoms with Crippen molar-refractivity contribution in [2.24, 2.45) is 0 Å². The van der Waals surface area contributed by atoms with Gasteiger partial charge in [-0.15, -0.1) is 0 Å². The van der Waals surface area contributed by atoms with Crippen molar-refractivity contribution < 1.29 is 0 Å². The highest BCUT2D eigenvalue weighted by atomic mass is 15.2. The zero-order valence-electron chi connectivity index (χ0n) is 35.0. The van der Waals surface area contributed by atoms with E-state index in [-0.39, 0.29) is 23.0 Å². The lowest BCUT2D eigenvalue weighted by molar-refractivity contribution is 0.589. The topological polar surface area (TPSA) is 6.48 Å². The van der Waals surface area contributed by atoms with Crippen LogP contribution in [0.4, 0.5) is 34.1 Å². The molecule has 0 atom stereocenters. The Morgan fingerprint density at radius 1 is 0.333 bits per heavy atom. The van der Waals surface area contributed by atoms with Crippen LogP contribution in [0.5, 0.6) is 0 Å². The number of hydrogen-bond donors (Lipinski definition) is 0. The quantitative estimate of drug-likeness (QED) is 0.166. The number of rotatable bonds is 4. The fourth-order valence-corrected chi connectivity index (χ4v) is 8.82. The van der Waals surface area contributed by atoms with Crippen molar-refractivity contribution >= 4 is 57.2 Å². The standard InChI is InChI=1S/C54H53BN2/c1-52(2,3)40-23-28-44(29-24-40)57-48-31-25-41(53(4,5)6)33-46(48)55-45-32-39(37-18-14-11-15-19-37)22-30-47(45)56(49-34-42(54(7,8)9)35-50(57)51(49)55)43-26-20-38(21-27-43)36-16-12-10-13-17-36/h10-35H,1-9H3. The van der Waals surface area contributed by atoms with Crippen molar-refractivity contribution in [2.45, 2.75) is 78.6 Å². The molecule has 0 radical (unpaired) electrons. The van der Waals surface area contributed by atoms with Crippen LogP contribution in [0, 0.1) is 0 Å². The molecule has 9 rings (SSSR count). The molecule has 2 aliphatic rings. The molecule has 3 heteroatoms. The zero-order valence-corrected chi connectivity index (χ0v) is 35.0. The Hall–Kier alpha value is -5.80. The van der Waals surface area contributed by atoms with Crippen molar-refractivity contribution in [3.63, 3.8) is 0 Å². The van der Waals surface area contributed by atoms with Gasteiger partial charge in [-0.2, -0.15) is 0 Å². The summed E-state index contributed by atoms with van der Waals surface area (Å²) in [6, 6.07) is 59.5. The lowest BCUT2D eigenvalue weighted by atomic mass is 9.33. The maximum atomic E-state index is 2.56. The van der Waals surface area contributed by atoms with Crippen LogP contribution in [0.15, 0.2) is 158 Å². The largest absolute Gasteiger partial charge is 0.311 e. The lowest BCUT2D eigenvalue weighted by Crippen LogP contribution is -2.61. The van der Waals surface area contributed by atoms with E-state index < -0.39 is 0 Å². The highest BCUT2D eigenvalue weighted by Gasteiger charge is 2.44. The number of nitrogens with zero attached hydrogens (tertiary/aromatic N) is 2. The fraction of sp³-hybridized carbons (Fsp3) is 0.222. The minimum absolute atomic E-state index is 0.0106. The summed E-state index contributed by atoms with van der Waals surface area (Å²) in [6.07, 6.45) is 0. The van der Waals surface area contributed by atoms with Crippen molar-refractivity contribution in [2.75, 3.05) is 9.80 Å². The molecule has 0 aliphatic carbocycles. The van der Waals surface area contributed by atoms with Crippen LogP contribution in [0.25, 0.3) is 22.3 Å². The summed E-state index contributed by atoms with van der Waals surface area (Å²) < 4.78 is 0. The van der Waals surface area contributed by atoms with Crippen molar-refractivity contribution in [1.29, 1.82) is 0 Å². The molecule has 0 bridgehead atoms. The van der Waals surface area contributed by atoms with E-state index in [1.54, 1.807) is 0 Å². The van der Waals surface area contributed by atoms with Crippen LogP contribution >= 0.6 is 0 Å². The van der Waals surface area contributed by atoms with Gasteiger partial charge in [0.05, 0.1) is 0 Å². The first-order valence-electron chi connectivity index (χ1n) is 20.6. The van der Waals surface area contributed by atoms with Gasteiger partial charge in [-0.05, 0) is 120 Å². The van der Waals surface area contributed by atoms with Crippen LogP contribution in [0.2, 0.25) is 0 Å². The molecule has 2 heterocycles. The molecule has 0 spiro atoms. The van der Waals surface area contributed by atoms with Gasteiger partial charge < -0.3 is 9.80 Å². The minimum atomic E-state index is -0.0839. The Morgan fingerprint density at radius 2 is 0.737 bits per heavy atom. The Labute approximate surface area is 340 Å². The molecule has 2 nitrogen and oxygen atoms in total. The number of fused-ring (bicyclic) bond motifs is 4. The maximum absolute atomic E-state index is 2.56. The monoisotopic (exact) mass is 740 g/mol. The van der Waals surface area contributed by atoms with Crippen molar-refractivity contribution in [1.82, 2.24) is 0 Å². The van der Waals surface area contributed by atoms with Crippen LogP contribution < -0.4 is 26.2 Å². The highest BCUT2D eigenvalue weighted by Crippen LogP contribution is 2.47. The molecule has 7 aromatic carbocycles. The van der Waals surface area contributed by atoms with E-state index in [0.717, 1.165) is 5.69 Å². The average Bonchev–Trinajstić information content (AvgIpc) is 3.20. The predicted molar refractivity (Wildman–Crippen MR) is 247 cm³/mol. The van der Waals surface area contributed by atoms with Gasteiger partial charge in [-0.3, -0.25) is 0 Å². The number of benzene rings is 7. The first-order chi connectivity index (χ1) is 27.2. The highest BCUT2D eigenvalue weighted by molar-refractivity contribution is 7.00.